The number of amides is 1. The second kappa shape index (κ2) is 51.2. The number of nitrogens with one attached hydrogen (secondary N) is 1. The van der Waals surface area contributed by atoms with Crippen molar-refractivity contribution in [2.45, 2.75) is 308 Å². The maximum absolute atomic E-state index is 12.5. The molecule has 0 aliphatic rings. The number of hydrogen-bond acceptors (Lipinski definition) is 4. The summed E-state index contributed by atoms with van der Waals surface area (Å²) in [6, 6.07) is -0.764. The fourth-order valence-electron chi connectivity index (χ4n) is 8.47. The first-order valence-electron chi connectivity index (χ1n) is 27.3. The molecule has 0 aromatic carbocycles. The minimum Gasteiger partial charge on any atom is -0.394 e. The van der Waals surface area contributed by atoms with E-state index in [2.05, 4.69) is 43.5 Å². The van der Waals surface area contributed by atoms with Crippen LogP contribution in [0.1, 0.15) is 290 Å². The van der Waals surface area contributed by atoms with Crippen LogP contribution in [-0.2, 0) is 4.79 Å². The zero-order valence-corrected chi connectivity index (χ0v) is 41.1. The van der Waals surface area contributed by atoms with Gasteiger partial charge in [-0.3, -0.25) is 4.79 Å². The maximum Gasteiger partial charge on any atom is 0.222 e. The van der Waals surface area contributed by atoms with E-state index < -0.39 is 18.2 Å². The first kappa shape index (κ1) is 59.6. The third-order valence-electron chi connectivity index (χ3n) is 12.6. The Morgan fingerprint density at radius 2 is 0.705 bits per heavy atom. The van der Waals surface area contributed by atoms with Crippen LogP contribution < -0.4 is 5.32 Å². The third-order valence-corrected chi connectivity index (χ3v) is 12.6. The van der Waals surface area contributed by atoms with Crippen LogP contribution in [-0.4, -0.2) is 46.1 Å². The lowest BCUT2D eigenvalue weighted by Gasteiger charge is -2.20. The van der Waals surface area contributed by atoms with Crippen LogP contribution in [0.5, 0.6) is 0 Å². The Labute approximate surface area is 381 Å². The minimum atomic E-state index is -0.955. The van der Waals surface area contributed by atoms with Gasteiger partial charge in [0.2, 0.25) is 5.91 Å². The normalized spacial score (nSPS) is 13.6. The molecule has 3 atom stereocenters. The summed E-state index contributed by atoms with van der Waals surface area (Å²) in [6.45, 7) is 4.23. The first-order chi connectivity index (χ1) is 30.0. The number of allylic oxidation sites excluding steroid dienone is 5. The molecular weight excluding hydrogens is 751 g/mol. The Hall–Kier alpha value is -1.43. The highest BCUT2D eigenvalue weighted by molar-refractivity contribution is 5.76. The molecule has 3 unspecified atom stereocenters. The van der Waals surface area contributed by atoms with Crippen molar-refractivity contribution in [2.75, 3.05) is 6.61 Å². The number of unbranched alkanes of at least 4 members (excludes halogenated alkanes) is 37. The molecule has 360 valence electrons. The molecule has 5 heteroatoms. The van der Waals surface area contributed by atoms with Gasteiger partial charge < -0.3 is 20.6 Å². The van der Waals surface area contributed by atoms with E-state index in [4.69, 9.17) is 0 Å². The molecule has 0 spiro atoms. The number of carbonyl (C=O) groups excluding carboxylic acids is 1. The van der Waals surface area contributed by atoms with Crippen LogP contribution in [0.15, 0.2) is 36.5 Å². The first-order valence-corrected chi connectivity index (χ1v) is 27.3. The molecule has 0 aromatic heterocycles. The summed E-state index contributed by atoms with van der Waals surface area (Å²) in [4.78, 5) is 12.5. The van der Waals surface area contributed by atoms with Crippen molar-refractivity contribution >= 4 is 5.91 Å². The molecule has 0 fully saturated rings. The SMILES string of the molecule is CCCCCCCCCCCCCC/C=C\CCCCCCCC(O)CC(=O)NC(CO)C(O)/C=C/CC/C=C/CCCCCCCCCCCCCCCCCCCCC. The zero-order valence-electron chi connectivity index (χ0n) is 41.1. The van der Waals surface area contributed by atoms with E-state index in [9.17, 15) is 20.1 Å². The molecule has 0 saturated carbocycles. The van der Waals surface area contributed by atoms with Gasteiger partial charge >= 0.3 is 0 Å². The van der Waals surface area contributed by atoms with E-state index in [-0.39, 0.29) is 18.9 Å². The van der Waals surface area contributed by atoms with E-state index in [0.717, 1.165) is 44.9 Å². The molecule has 0 heterocycles. The fourth-order valence-corrected chi connectivity index (χ4v) is 8.47. The third kappa shape index (κ3) is 47.9. The zero-order chi connectivity index (χ0) is 44.4. The summed E-state index contributed by atoms with van der Waals surface area (Å²) in [5.41, 5.74) is 0. The summed E-state index contributed by atoms with van der Waals surface area (Å²) in [7, 11) is 0. The average molecular weight is 858 g/mol. The van der Waals surface area contributed by atoms with Crippen LogP contribution in [0, 0.1) is 0 Å². The van der Waals surface area contributed by atoms with Gasteiger partial charge in [0.05, 0.1) is 31.3 Å². The van der Waals surface area contributed by atoms with Gasteiger partial charge in [0.15, 0.2) is 0 Å². The Morgan fingerprint density at radius 3 is 1.05 bits per heavy atom. The second-order valence-electron chi connectivity index (χ2n) is 18.8. The molecule has 5 nitrogen and oxygen atoms in total. The molecule has 0 aliphatic carbocycles. The van der Waals surface area contributed by atoms with E-state index >= 15 is 0 Å². The van der Waals surface area contributed by atoms with Crippen LogP contribution in [0.25, 0.3) is 0 Å². The lowest BCUT2D eigenvalue weighted by molar-refractivity contribution is -0.124. The van der Waals surface area contributed by atoms with Crippen molar-refractivity contribution in [3.05, 3.63) is 36.5 Å². The molecule has 4 N–H and O–H groups in total. The number of aliphatic hydroxyl groups excluding tert-OH is 3. The molecule has 0 aliphatic heterocycles. The van der Waals surface area contributed by atoms with E-state index in [1.165, 1.54) is 218 Å². The van der Waals surface area contributed by atoms with Crippen LogP contribution >= 0.6 is 0 Å². The smallest absolute Gasteiger partial charge is 0.222 e. The molecule has 0 radical (unpaired) electrons. The molecule has 1 amide bonds. The highest BCUT2D eigenvalue weighted by Gasteiger charge is 2.20. The average Bonchev–Trinajstić information content (AvgIpc) is 3.25. The maximum atomic E-state index is 12.5. The Morgan fingerprint density at radius 1 is 0.410 bits per heavy atom. The topological polar surface area (TPSA) is 89.8 Å². The van der Waals surface area contributed by atoms with Crippen LogP contribution in [0.2, 0.25) is 0 Å². The van der Waals surface area contributed by atoms with Gasteiger partial charge in [-0.25, -0.2) is 0 Å². The molecular formula is C56H107NO4. The lowest BCUT2D eigenvalue weighted by atomic mass is 10.0. The summed E-state index contributed by atoms with van der Waals surface area (Å²) >= 11 is 0. The van der Waals surface area contributed by atoms with Gasteiger partial charge in [-0.05, 0) is 57.8 Å². The quantitative estimate of drug-likeness (QED) is 0.0362. The van der Waals surface area contributed by atoms with Gasteiger partial charge in [-0.15, -0.1) is 0 Å². The summed E-state index contributed by atoms with van der Waals surface area (Å²) in [6.07, 6.45) is 66.1. The van der Waals surface area contributed by atoms with Gasteiger partial charge in [-0.1, -0.05) is 262 Å². The van der Waals surface area contributed by atoms with E-state index in [1.54, 1.807) is 6.08 Å². The number of rotatable bonds is 50. The Kier molecular flexibility index (Phi) is 50.0. The van der Waals surface area contributed by atoms with E-state index in [1.807, 2.05) is 6.08 Å². The second-order valence-corrected chi connectivity index (χ2v) is 18.8. The van der Waals surface area contributed by atoms with Crippen molar-refractivity contribution in [3.8, 4) is 0 Å². The van der Waals surface area contributed by atoms with Gasteiger partial charge in [0.25, 0.3) is 0 Å². The summed E-state index contributed by atoms with van der Waals surface area (Å²) in [5, 5.41) is 33.4. The number of aliphatic hydroxyl groups is 3. The Bertz CT molecular complexity index is 947. The standard InChI is InChI=1S/C56H107NO4/c1-3-5-7-9-11-13-15-17-19-21-23-25-26-27-28-30-32-34-36-38-40-42-44-46-48-50-55(60)54(52-58)57-56(61)51-53(59)49-47-45-43-41-39-37-35-33-31-29-24-22-20-18-16-14-12-10-8-6-4-2/h33,35,40,42,48,50,53-55,58-60H,3-32,34,36-39,41,43-47,49,51-52H2,1-2H3,(H,57,61)/b35-33-,42-40+,50-48+. The van der Waals surface area contributed by atoms with Gasteiger partial charge in [0, 0.05) is 0 Å². The molecule has 0 rings (SSSR count). The number of carbonyl (C=O) groups is 1. The highest BCUT2D eigenvalue weighted by atomic mass is 16.3. The van der Waals surface area contributed by atoms with Crippen molar-refractivity contribution in [3.63, 3.8) is 0 Å². The Balaban J connectivity index is 3.63. The van der Waals surface area contributed by atoms with Crippen molar-refractivity contribution in [2.24, 2.45) is 0 Å². The molecule has 0 saturated heterocycles. The predicted octanol–water partition coefficient (Wildman–Crippen LogP) is 16.7. The van der Waals surface area contributed by atoms with Crippen LogP contribution in [0.4, 0.5) is 0 Å². The van der Waals surface area contributed by atoms with Crippen LogP contribution in [0.3, 0.4) is 0 Å². The largest absolute Gasteiger partial charge is 0.394 e. The lowest BCUT2D eigenvalue weighted by Crippen LogP contribution is -2.45. The van der Waals surface area contributed by atoms with Crippen molar-refractivity contribution < 1.29 is 20.1 Å². The molecule has 61 heavy (non-hydrogen) atoms. The van der Waals surface area contributed by atoms with Crippen molar-refractivity contribution in [1.82, 2.24) is 5.32 Å². The van der Waals surface area contributed by atoms with Gasteiger partial charge in [0.1, 0.15) is 0 Å². The monoisotopic (exact) mass is 858 g/mol. The molecule has 0 aromatic rings. The van der Waals surface area contributed by atoms with E-state index in [0.29, 0.717) is 6.42 Å². The van der Waals surface area contributed by atoms with Gasteiger partial charge in [-0.2, -0.15) is 0 Å². The summed E-state index contributed by atoms with van der Waals surface area (Å²) < 4.78 is 0. The van der Waals surface area contributed by atoms with Crippen molar-refractivity contribution in [1.29, 1.82) is 0 Å². The highest BCUT2D eigenvalue weighted by Crippen LogP contribution is 2.17. The summed E-state index contributed by atoms with van der Waals surface area (Å²) in [5.74, 6) is -0.327. The predicted molar refractivity (Wildman–Crippen MR) is 268 cm³/mol. The number of hydrogen-bond donors (Lipinski definition) is 4. The minimum absolute atomic E-state index is 0.00122. The fraction of sp³-hybridized carbons (Fsp3) is 0.875. The molecule has 0 bridgehead atoms.